The Bertz CT molecular complexity index is 2110. The molecule has 4 amide bonds. The summed E-state index contributed by atoms with van der Waals surface area (Å²) >= 11 is 0. The van der Waals surface area contributed by atoms with E-state index in [2.05, 4.69) is 21.3 Å². The zero-order valence-electron chi connectivity index (χ0n) is 34.4. The van der Waals surface area contributed by atoms with Gasteiger partial charge in [-0.15, -0.1) is 0 Å². The van der Waals surface area contributed by atoms with Gasteiger partial charge in [-0.25, -0.2) is 19.2 Å². The third-order valence-corrected chi connectivity index (χ3v) is 9.61. The van der Waals surface area contributed by atoms with Crippen LogP contribution in [-0.2, 0) is 19.1 Å². The van der Waals surface area contributed by atoms with Crippen molar-refractivity contribution in [2.45, 2.75) is 75.7 Å². The van der Waals surface area contributed by atoms with E-state index in [1.165, 1.54) is 99.1 Å². The number of rotatable bonds is 12. The summed E-state index contributed by atoms with van der Waals surface area (Å²) in [7, 11) is 2.75. The second-order valence-corrected chi connectivity index (χ2v) is 16.1. The number of anilines is 2. The highest BCUT2D eigenvalue weighted by Gasteiger charge is 2.80. The fraction of sp³-hybridized carbons (Fsp3) is 0.318. The van der Waals surface area contributed by atoms with E-state index in [1.54, 1.807) is 53.7 Å². The Morgan fingerprint density at radius 2 is 0.867 bits per heavy atom. The standard InChI is InChI=1S/C44H48N4O12/c1-41(2,3)59-39(55)45-29-19-15-25(16-20-29)35(49)47-43(37(51)52)33(27-11-9-13-31(23-27)57-7)44(38(53)54,34(43)28-12-10-14-32(24-28)58-8)48-36(50)26-17-21-30(22-18-26)46-40(56)60-42(4,5)6/h9-24,33-34H,1-8H3,(H,45,55)(H,46,56)(H,47,49)(H,48,50)(H,51,52)(H,53,54). The molecule has 1 aliphatic carbocycles. The summed E-state index contributed by atoms with van der Waals surface area (Å²) in [5.74, 6) is -7.92. The molecule has 4 aromatic rings. The summed E-state index contributed by atoms with van der Waals surface area (Å²) in [4.78, 5) is 81.4. The van der Waals surface area contributed by atoms with E-state index < -0.39 is 70.1 Å². The van der Waals surface area contributed by atoms with Gasteiger partial charge in [-0.05, 0) is 125 Å². The highest BCUT2D eigenvalue weighted by molar-refractivity contribution is 6.06. The molecule has 1 aliphatic rings. The van der Waals surface area contributed by atoms with Crippen LogP contribution in [-0.4, -0.2) is 82.7 Å². The highest BCUT2D eigenvalue weighted by atomic mass is 16.6. The van der Waals surface area contributed by atoms with Crippen LogP contribution in [0.25, 0.3) is 0 Å². The van der Waals surface area contributed by atoms with Crippen LogP contribution in [0.2, 0.25) is 0 Å². The summed E-state index contributed by atoms with van der Waals surface area (Å²) in [6, 6.07) is 23.1. The number of methoxy groups -OCH3 is 2. The summed E-state index contributed by atoms with van der Waals surface area (Å²) < 4.78 is 21.5. The number of aliphatic carboxylic acids is 2. The van der Waals surface area contributed by atoms with Crippen molar-refractivity contribution in [1.82, 2.24) is 10.6 Å². The van der Waals surface area contributed by atoms with Crippen molar-refractivity contribution >= 4 is 47.3 Å². The van der Waals surface area contributed by atoms with Crippen molar-refractivity contribution < 1.29 is 57.9 Å². The quantitative estimate of drug-likeness (QED) is 0.0869. The maximum absolute atomic E-state index is 14.3. The molecular formula is C44H48N4O12. The number of carbonyl (C=O) groups excluding carboxylic acids is 4. The van der Waals surface area contributed by atoms with Crippen LogP contribution < -0.4 is 30.7 Å². The van der Waals surface area contributed by atoms with Crippen molar-refractivity contribution in [1.29, 1.82) is 0 Å². The van der Waals surface area contributed by atoms with Crippen molar-refractivity contribution in [2.24, 2.45) is 0 Å². The number of amides is 4. The SMILES string of the molecule is COc1cccc(C2C(NC(=O)c3ccc(NC(=O)OC(C)(C)C)cc3)(C(=O)O)C(c3cccc(OC)c3)C2(NC(=O)c2ccc(NC(=O)OC(C)(C)C)cc2)C(=O)O)c1. The third kappa shape index (κ3) is 9.27. The lowest BCUT2D eigenvalue weighted by atomic mass is 9.43. The number of ether oxygens (including phenoxy) is 4. The Balaban J connectivity index is 1.63. The van der Waals surface area contributed by atoms with Crippen molar-refractivity contribution in [2.75, 3.05) is 24.9 Å². The minimum Gasteiger partial charge on any atom is -0.497 e. The van der Waals surface area contributed by atoms with Crippen LogP contribution in [0.5, 0.6) is 11.5 Å². The third-order valence-electron chi connectivity index (χ3n) is 9.61. The van der Waals surface area contributed by atoms with Crippen molar-refractivity contribution in [3.63, 3.8) is 0 Å². The molecule has 0 atom stereocenters. The average Bonchev–Trinajstić information content (AvgIpc) is 3.16. The minimum atomic E-state index is -2.46. The van der Waals surface area contributed by atoms with Crippen molar-refractivity contribution in [3.8, 4) is 11.5 Å². The Morgan fingerprint density at radius 3 is 1.15 bits per heavy atom. The second-order valence-electron chi connectivity index (χ2n) is 16.1. The molecule has 0 aliphatic heterocycles. The number of nitrogens with one attached hydrogen (secondary N) is 4. The molecule has 16 heteroatoms. The van der Waals surface area contributed by atoms with Crippen LogP contribution in [0, 0.1) is 0 Å². The van der Waals surface area contributed by atoms with Gasteiger partial charge in [-0.2, -0.15) is 0 Å². The molecule has 0 saturated heterocycles. The first-order valence-corrected chi connectivity index (χ1v) is 18.7. The van der Waals surface area contributed by atoms with E-state index in [1.807, 2.05) is 0 Å². The van der Waals surface area contributed by atoms with E-state index in [-0.39, 0.29) is 45.1 Å². The molecule has 60 heavy (non-hydrogen) atoms. The first-order valence-electron chi connectivity index (χ1n) is 18.7. The molecule has 4 aromatic carbocycles. The number of carbonyl (C=O) groups is 6. The number of hydrogen-bond acceptors (Lipinski definition) is 10. The van der Waals surface area contributed by atoms with E-state index in [9.17, 15) is 39.0 Å². The van der Waals surface area contributed by atoms with Gasteiger partial charge in [-0.1, -0.05) is 24.3 Å². The summed E-state index contributed by atoms with van der Waals surface area (Å²) in [5, 5.41) is 33.2. The first-order chi connectivity index (χ1) is 28.1. The molecule has 6 N–H and O–H groups in total. The lowest BCUT2D eigenvalue weighted by Gasteiger charge is -2.64. The number of hydrogen-bond donors (Lipinski definition) is 6. The van der Waals surface area contributed by atoms with Gasteiger partial charge in [0.15, 0.2) is 11.1 Å². The lowest BCUT2D eigenvalue weighted by molar-refractivity contribution is -0.171. The van der Waals surface area contributed by atoms with Crippen LogP contribution in [0.3, 0.4) is 0 Å². The van der Waals surface area contributed by atoms with E-state index in [0.717, 1.165) is 0 Å². The van der Waals surface area contributed by atoms with E-state index in [0.29, 0.717) is 0 Å². The molecule has 1 saturated carbocycles. The molecule has 5 rings (SSSR count). The Labute approximate surface area is 346 Å². The van der Waals surface area contributed by atoms with Crippen molar-refractivity contribution in [3.05, 3.63) is 119 Å². The number of carboxylic acids is 2. The maximum atomic E-state index is 14.3. The van der Waals surface area contributed by atoms with Crippen LogP contribution in [0.4, 0.5) is 21.0 Å². The Morgan fingerprint density at radius 1 is 0.533 bits per heavy atom. The van der Waals surface area contributed by atoms with Gasteiger partial charge in [0, 0.05) is 22.5 Å². The normalized spacial score (nSPS) is 19.7. The predicted octanol–water partition coefficient (Wildman–Crippen LogP) is 6.79. The van der Waals surface area contributed by atoms with Gasteiger partial charge < -0.3 is 39.8 Å². The molecule has 0 spiro atoms. The Hall–Kier alpha value is -7.10. The van der Waals surface area contributed by atoms with Gasteiger partial charge >= 0.3 is 24.1 Å². The molecule has 0 heterocycles. The summed E-state index contributed by atoms with van der Waals surface area (Å²) in [6.07, 6.45) is -1.47. The molecule has 0 bridgehead atoms. The van der Waals surface area contributed by atoms with Crippen LogP contribution in [0.15, 0.2) is 97.1 Å². The van der Waals surface area contributed by atoms with Gasteiger partial charge in [-0.3, -0.25) is 20.2 Å². The smallest absolute Gasteiger partial charge is 0.412 e. The monoisotopic (exact) mass is 824 g/mol. The molecule has 0 radical (unpaired) electrons. The van der Waals surface area contributed by atoms with Gasteiger partial charge in [0.1, 0.15) is 22.7 Å². The first kappa shape index (κ1) is 44.0. The average molecular weight is 825 g/mol. The molecule has 1 fully saturated rings. The zero-order chi connectivity index (χ0) is 44.2. The number of carboxylic acid groups (broad SMARTS) is 2. The van der Waals surface area contributed by atoms with Crippen LogP contribution in [0.1, 0.15) is 85.2 Å². The molecular weight excluding hydrogens is 776 g/mol. The molecule has 0 aromatic heterocycles. The zero-order valence-corrected chi connectivity index (χ0v) is 34.4. The van der Waals surface area contributed by atoms with Gasteiger partial charge in [0.25, 0.3) is 11.8 Å². The fourth-order valence-electron chi connectivity index (χ4n) is 7.31. The lowest BCUT2D eigenvalue weighted by Crippen LogP contribution is -2.86. The highest BCUT2D eigenvalue weighted by Crippen LogP contribution is 2.63. The van der Waals surface area contributed by atoms with Gasteiger partial charge in [0.2, 0.25) is 0 Å². The van der Waals surface area contributed by atoms with E-state index >= 15 is 0 Å². The predicted molar refractivity (Wildman–Crippen MR) is 220 cm³/mol. The second kappa shape index (κ2) is 17.0. The maximum Gasteiger partial charge on any atom is 0.412 e. The largest absolute Gasteiger partial charge is 0.497 e. The summed E-state index contributed by atoms with van der Waals surface area (Å²) in [6.45, 7) is 10.2. The van der Waals surface area contributed by atoms with Crippen LogP contribution >= 0.6 is 0 Å². The molecule has 16 nitrogen and oxygen atoms in total. The van der Waals surface area contributed by atoms with E-state index in [4.69, 9.17) is 18.9 Å². The summed E-state index contributed by atoms with van der Waals surface area (Å²) in [5.41, 5.74) is -5.76. The molecule has 0 unspecified atom stereocenters. The van der Waals surface area contributed by atoms with Gasteiger partial charge in [0.05, 0.1) is 26.1 Å². The Kier molecular flexibility index (Phi) is 12.5. The number of benzene rings is 4. The topological polar surface area (TPSA) is 228 Å². The fourth-order valence-corrected chi connectivity index (χ4v) is 7.31. The minimum absolute atomic E-state index is 0.0314. The molecule has 316 valence electrons.